The summed E-state index contributed by atoms with van der Waals surface area (Å²) in [4.78, 5) is 10.7. The van der Waals surface area contributed by atoms with Gasteiger partial charge in [-0.25, -0.2) is 8.42 Å². The zero-order valence-corrected chi connectivity index (χ0v) is 17.8. The summed E-state index contributed by atoms with van der Waals surface area (Å²) in [7, 11) is -0.869. The number of rotatable bonds is 8. The van der Waals surface area contributed by atoms with Crippen molar-refractivity contribution in [2.75, 3.05) is 45.9 Å². The summed E-state index contributed by atoms with van der Waals surface area (Å²) in [5, 5.41) is 15.6. The minimum Gasteiger partial charge on any atom is -0.493 e. The van der Waals surface area contributed by atoms with Crippen LogP contribution in [0.2, 0.25) is 0 Å². The van der Waals surface area contributed by atoms with Gasteiger partial charge in [-0.15, -0.1) is 0 Å². The predicted molar refractivity (Wildman–Crippen MR) is 113 cm³/mol. The number of ether oxygens (including phenoxy) is 3. The molecule has 0 spiro atoms. The fraction of sp³-hybridized carbons (Fsp3) is 0.316. The van der Waals surface area contributed by atoms with Crippen LogP contribution in [0.15, 0.2) is 46.4 Å². The van der Waals surface area contributed by atoms with Crippen LogP contribution < -0.4 is 14.9 Å². The Kier molecular flexibility index (Phi) is 7.05. The first-order valence-corrected chi connectivity index (χ1v) is 10.7. The van der Waals surface area contributed by atoms with Crippen molar-refractivity contribution < 1.29 is 27.6 Å². The first-order chi connectivity index (χ1) is 14.9. The third kappa shape index (κ3) is 4.93. The van der Waals surface area contributed by atoms with Crippen molar-refractivity contribution in [3.05, 3.63) is 52.1 Å². The number of methoxy groups -OCH3 is 2. The molecule has 1 aliphatic rings. The van der Waals surface area contributed by atoms with E-state index in [4.69, 9.17) is 14.2 Å². The van der Waals surface area contributed by atoms with Crippen molar-refractivity contribution >= 4 is 27.6 Å². The van der Waals surface area contributed by atoms with Gasteiger partial charge < -0.3 is 14.2 Å². The number of nitro benzene ring substituents is 1. The maximum absolute atomic E-state index is 12.8. The highest BCUT2D eigenvalue weighted by Crippen LogP contribution is 2.31. The maximum atomic E-state index is 12.8. The molecule has 0 radical (unpaired) electrons. The average molecular weight is 450 g/mol. The molecule has 0 bridgehead atoms. The highest BCUT2D eigenvalue weighted by Gasteiger charge is 2.28. The second kappa shape index (κ2) is 9.73. The van der Waals surface area contributed by atoms with Gasteiger partial charge in [0.05, 0.1) is 43.5 Å². The van der Waals surface area contributed by atoms with E-state index in [9.17, 15) is 18.5 Å². The molecule has 12 heteroatoms. The molecule has 0 amide bonds. The lowest BCUT2D eigenvalue weighted by molar-refractivity contribution is -0.384. The molecule has 11 nitrogen and oxygen atoms in total. The monoisotopic (exact) mass is 450 g/mol. The van der Waals surface area contributed by atoms with Crippen molar-refractivity contribution in [1.29, 1.82) is 0 Å². The molecule has 1 aliphatic heterocycles. The first kappa shape index (κ1) is 22.5. The Balaban J connectivity index is 1.86. The number of nitrogens with one attached hydrogen (secondary N) is 1. The van der Waals surface area contributed by atoms with Crippen LogP contribution in [0.5, 0.6) is 11.5 Å². The van der Waals surface area contributed by atoms with E-state index in [2.05, 4.69) is 10.5 Å². The maximum Gasteiger partial charge on any atom is 0.295 e. The van der Waals surface area contributed by atoms with E-state index in [0.29, 0.717) is 17.1 Å². The Morgan fingerprint density at radius 2 is 1.94 bits per heavy atom. The zero-order chi connectivity index (χ0) is 22.4. The lowest BCUT2D eigenvalue weighted by atomic mass is 10.2. The molecule has 1 saturated heterocycles. The van der Waals surface area contributed by atoms with Crippen LogP contribution in [0.25, 0.3) is 0 Å². The smallest absolute Gasteiger partial charge is 0.295 e. The summed E-state index contributed by atoms with van der Waals surface area (Å²) < 4.78 is 42.5. The number of hydrazone groups is 1. The Hall–Kier alpha value is -3.22. The summed E-state index contributed by atoms with van der Waals surface area (Å²) in [6.45, 7) is 0.957. The molecule has 0 atom stereocenters. The number of sulfonamides is 1. The van der Waals surface area contributed by atoms with Crippen molar-refractivity contribution in [3.8, 4) is 11.5 Å². The van der Waals surface area contributed by atoms with E-state index < -0.39 is 20.6 Å². The summed E-state index contributed by atoms with van der Waals surface area (Å²) in [5.74, 6) is 0.965. The predicted octanol–water partition coefficient (Wildman–Crippen LogP) is 2.08. The Morgan fingerprint density at radius 3 is 2.58 bits per heavy atom. The van der Waals surface area contributed by atoms with Crippen LogP contribution in [0.4, 0.5) is 11.4 Å². The molecule has 1 N–H and O–H groups in total. The van der Waals surface area contributed by atoms with Gasteiger partial charge in [0.25, 0.3) is 5.69 Å². The number of anilines is 1. The van der Waals surface area contributed by atoms with Gasteiger partial charge in [0.2, 0.25) is 10.0 Å². The van der Waals surface area contributed by atoms with Gasteiger partial charge in [0.1, 0.15) is 5.69 Å². The molecular formula is C19H22N4O7S. The van der Waals surface area contributed by atoms with E-state index in [0.717, 1.165) is 6.07 Å². The standard InChI is InChI=1S/C19H22N4O7S/c1-28-18-5-3-4-14(19(18)29-2)13-20-21-16-7-6-15(12-17(16)23(24)25)31(26,27)22-8-10-30-11-9-22/h3-7,12-13,21H,8-11H2,1-2H3/b20-13-. The van der Waals surface area contributed by atoms with Crippen LogP contribution >= 0.6 is 0 Å². The lowest BCUT2D eigenvalue weighted by Crippen LogP contribution is -2.40. The third-order valence-electron chi connectivity index (χ3n) is 4.60. The molecule has 1 fully saturated rings. The summed E-state index contributed by atoms with van der Waals surface area (Å²) >= 11 is 0. The molecule has 31 heavy (non-hydrogen) atoms. The van der Waals surface area contributed by atoms with E-state index in [1.165, 1.54) is 36.9 Å². The summed E-state index contributed by atoms with van der Waals surface area (Å²) in [6, 6.07) is 8.85. The highest BCUT2D eigenvalue weighted by atomic mass is 32.2. The number of hydrogen-bond donors (Lipinski definition) is 1. The number of nitrogens with zero attached hydrogens (tertiary/aromatic N) is 3. The Bertz CT molecular complexity index is 1080. The van der Waals surface area contributed by atoms with Crippen molar-refractivity contribution in [2.24, 2.45) is 5.10 Å². The average Bonchev–Trinajstić information content (AvgIpc) is 2.79. The highest BCUT2D eigenvalue weighted by molar-refractivity contribution is 7.89. The molecule has 3 rings (SSSR count). The number of nitro groups is 1. The first-order valence-electron chi connectivity index (χ1n) is 9.25. The van der Waals surface area contributed by atoms with Gasteiger partial charge in [-0.2, -0.15) is 9.41 Å². The number of hydrogen-bond acceptors (Lipinski definition) is 9. The topological polar surface area (TPSA) is 133 Å². The van der Waals surface area contributed by atoms with E-state index >= 15 is 0 Å². The quantitative estimate of drug-likeness (QED) is 0.367. The minimum atomic E-state index is -3.86. The zero-order valence-electron chi connectivity index (χ0n) is 17.0. The summed E-state index contributed by atoms with van der Waals surface area (Å²) in [6.07, 6.45) is 1.42. The van der Waals surface area contributed by atoms with E-state index in [1.807, 2.05) is 0 Å². The fourth-order valence-corrected chi connectivity index (χ4v) is 4.47. The molecule has 0 saturated carbocycles. The SMILES string of the molecule is COc1cccc(/C=N\Nc2ccc(S(=O)(=O)N3CCOCC3)cc2[N+](=O)[O-])c1OC. The van der Waals surface area contributed by atoms with Gasteiger partial charge in [-0.3, -0.25) is 15.5 Å². The van der Waals surface area contributed by atoms with Gasteiger partial charge in [-0.1, -0.05) is 6.07 Å². The number of morpholine rings is 1. The normalized spacial score (nSPS) is 15.0. The number of para-hydroxylation sites is 1. The Morgan fingerprint density at radius 1 is 1.19 bits per heavy atom. The van der Waals surface area contributed by atoms with E-state index in [1.54, 1.807) is 18.2 Å². The van der Waals surface area contributed by atoms with Gasteiger partial charge in [-0.05, 0) is 24.3 Å². The lowest BCUT2D eigenvalue weighted by Gasteiger charge is -2.26. The van der Waals surface area contributed by atoms with Gasteiger partial charge >= 0.3 is 0 Å². The third-order valence-corrected chi connectivity index (χ3v) is 6.49. The Labute approximate surface area is 179 Å². The molecule has 0 aromatic heterocycles. The van der Waals surface area contributed by atoms with Crippen LogP contribution in [0.3, 0.4) is 0 Å². The second-order valence-electron chi connectivity index (χ2n) is 6.41. The molecule has 1 heterocycles. The number of benzene rings is 2. The van der Waals surface area contributed by atoms with Crippen LogP contribution in [-0.2, 0) is 14.8 Å². The van der Waals surface area contributed by atoms with Crippen LogP contribution in [-0.4, -0.2) is 64.4 Å². The molecule has 0 aliphatic carbocycles. The fourth-order valence-electron chi connectivity index (χ4n) is 3.04. The van der Waals surface area contributed by atoms with Crippen molar-refractivity contribution in [2.45, 2.75) is 4.90 Å². The van der Waals surface area contributed by atoms with E-state index in [-0.39, 0.29) is 36.9 Å². The van der Waals surface area contributed by atoms with Crippen molar-refractivity contribution in [3.63, 3.8) is 0 Å². The van der Waals surface area contributed by atoms with Crippen LogP contribution in [0, 0.1) is 10.1 Å². The second-order valence-corrected chi connectivity index (χ2v) is 8.34. The molecule has 166 valence electrons. The molecular weight excluding hydrogens is 428 g/mol. The molecule has 0 unspecified atom stereocenters. The largest absolute Gasteiger partial charge is 0.493 e. The summed E-state index contributed by atoms with van der Waals surface area (Å²) in [5.41, 5.74) is 2.81. The minimum absolute atomic E-state index is 0.0454. The molecule has 2 aromatic carbocycles. The van der Waals surface area contributed by atoms with Crippen molar-refractivity contribution in [1.82, 2.24) is 4.31 Å². The van der Waals surface area contributed by atoms with Crippen LogP contribution in [0.1, 0.15) is 5.56 Å². The molecule has 2 aromatic rings. The van der Waals surface area contributed by atoms with Gasteiger partial charge in [0.15, 0.2) is 11.5 Å². The van der Waals surface area contributed by atoms with Gasteiger partial charge in [0, 0.05) is 24.7 Å².